The van der Waals surface area contributed by atoms with Crippen LogP contribution in [0.4, 0.5) is 11.4 Å². The van der Waals surface area contributed by atoms with Crippen LogP contribution in [0.25, 0.3) is 0 Å². The Morgan fingerprint density at radius 2 is 1.83 bits per heavy atom. The van der Waals surface area contributed by atoms with Gasteiger partial charge in [0, 0.05) is 18.8 Å². The third kappa shape index (κ3) is 3.53. The molecule has 1 aliphatic rings. The molecule has 2 amide bonds. The Kier molecular flexibility index (Phi) is 5.04. The zero-order valence-electron chi connectivity index (χ0n) is 17.0. The van der Waals surface area contributed by atoms with Crippen LogP contribution in [0.5, 0.6) is 0 Å². The van der Waals surface area contributed by atoms with E-state index in [9.17, 15) is 19.2 Å². The lowest BCUT2D eigenvalue weighted by molar-refractivity contribution is -0.131. The second-order valence-electron chi connectivity index (χ2n) is 7.53. The van der Waals surface area contributed by atoms with E-state index >= 15 is 0 Å². The number of benzene rings is 1. The van der Waals surface area contributed by atoms with Gasteiger partial charge in [0.05, 0.1) is 11.4 Å². The quantitative estimate of drug-likeness (QED) is 0.632. The number of aryl methyl sites for hydroxylation is 1. The van der Waals surface area contributed by atoms with Gasteiger partial charge in [-0.3, -0.25) is 19.3 Å². The molecule has 0 bridgehead atoms. The number of nitrogens with zero attached hydrogens (tertiary/aromatic N) is 2. The Balaban J connectivity index is 1.87. The fourth-order valence-electron chi connectivity index (χ4n) is 3.26. The monoisotopic (exact) mass is 397 g/mol. The van der Waals surface area contributed by atoms with Gasteiger partial charge in [0.25, 0.3) is 5.91 Å². The number of hydrogen-bond donors (Lipinski definition) is 1. The number of hydrogen-bond acceptors (Lipinski definition) is 5. The number of amides is 2. The van der Waals surface area contributed by atoms with Crippen molar-refractivity contribution in [1.82, 2.24) is 4.57 Å². The molecule has 0 aliphatic carbocycles. The van der Waals surface area contributed by atoms with Crippen molar-refractivity contribution in [2.75, 3.05) is 10.2 Å². The summed E-state index contributed by atoms with van der Waals surface area (Å²) in [6.07, 6.45) is 0.385. The molecule has 29 heavy (non-hydrogen) atoms. The van der Waals surface area contributed by atoms with Crippen LogP contribution < -0.4 is 10.2 Å². The van der Waals surface area contributed by atoms with Crippen LogP contribution >= 0.6 is 0 Å². The number of ketones is 1. The minimum Gasteiger partial charge on any atom is -0.448 e. The normalized spacial score (nSPS) is 15.9. The van der Waals surface area contributed by atoms with E-state index in [1.807, 2.05) is 0 Å². The van der Waals surface area contributed by atoms with Crippen LogP contribution in [0, 0.1) is 0 Å². The Bertz CT molecular complexity index is 1020. The summed E-state index contributed by atoms with van der Waals surface area (Å²) in [6.45, 7) is 6.11. The fourth-order valence-corrected chi connectivity index (χ4v) is 3.26. The molecule has 8 nitrogen and oxygen atoms in total. The Morgan fingerprint density at radius 3 is 2.45 bits per heavy atom. The average Bonchev–Trinajstić information content (AvgIpc) is 3.04. The Labute approximate surface area is 168 Å². The van der Waals surface area contributed by atoms with E-state index in [-0.39, 0.29) is 17.4 Å². The predicted octanol–water partition coefficient (Wildman–Crippen LogP) is 2.54. The number of aromatic nitrogens is 1. The van der Waals surface area contributed by atoms with Crippen LogP contribution in [0.1, 0.15) is 48.5 Å². The lowest BCUT2D eigenvalue weighted by Gasteiger charge is -2.42. The highest BCUT2D eigenvalue weighted by molar-refractivity contribution is 6.15. The molecule has 0 spiro atoms. The first-order chi connectivity index (χ1) is 13.5. The summed E-state index contributed by atoms with van der Waals surface area (Å²) in [6, 6.07) is 8.36. The molecule has 3 rings (SSSR count). The molecule has 2 aromatic rings. The van der Waals surface area contributed by atoms with Gasteiger partial charge in [0.15, 0.2) is 11.9 Å². The third-order valence-electron chi connectivity index (χ3n) is 4.98. The summed E-state index contributed by atoms with van der Waals surface area (Å²) >= 11 is 0. The highest BCUT2D eigenvalue weighted by Gasteiger charge is 2.45. The molecule has 0 radical (unpaired) electrons. The molecule has 152 valence electrons. The van der Waals surface area contributed by atoms with Gasteiger partial charge in [-0.05, 0) is 45.9 Å². The highest BCUT2D eigenvalue weighted by atomic mass is 16.5. The van der Waals surface area contributed by atoms with Crippen molar-refractivity contribution >= 4 is 34.9 Å². The van der Waals surface area contributed by atoms with Crippen molar-refractivity contribution in [2.45, 2.75) is 39.3 Å². The van der Waals surface area contributed by atoms with E-state index in [1.54, 1.807) is 45.2 Å². The number of nitrogens with one attached hydrogen (secondary N) is 1. The first-order valence-corrected chi connectivity index (χ1v) is 9.17. The molecular weight excluding hydrogens is 374 g/mol. The number of carbonyl (C=O) groups is 4. The molecule has 0 unspecified atom stereocenters. The number of anilines is 2. The topological polar surface area (TPSA) is 97.7 Å². The number of Topliss-reactive ketones (excluding diaryl/α,β-unsaturated/α-hetero) is 1. The number of para-hydroxylation sites is 2. The third-order valence-corrected chi connectivity index (χ3v) is 4.98. The SMILES string of the molecule is CC(=O)c1cc(C(=O)O[C@@H](C)C(=O)N2c3ccccc3NC(=O)C2(C)C)n(C)c1. The van der Waals surface area contributed by atoms with Gasteiger partial charge in [0.2, 0.25) is 5.91 Å². The van der Waals surface area contributed by atoms with Gasteiger partial charge in [-0.15, -0.1) is 0 Å². The fraction of sp³-hybridized carbons (Fsp3) is 0.333. The molecule has 1 atom stereocenters. The molecule has 1 N–H and O–H groups in total. The molecule has 0 saturated carbocycles. The van der Waals surface area contributed by atoms with Crippen molar-refractivity contribution in [3.05, 3.63) is 47.8 Å². The van der Waals surface area contributed by atoms with Crippen LogP contribution in [0.15, 0.2) is 36.5 Å². The van der Waals surface area contributed by atoms with Gasteiger partial charge in [-0.1, -0.05) is 12.1 Å². The Morgan fingerprint density at radius 1 is 1.17 bits per heavy atom. The first-order valence-electron chi connectivity index (χ1n) is 9.17. The standard InChI is InChI=1S/C21H23N3O5/c1-12(25)14-10-17(23(5)11-14)19(27)29-13(2)18(26)24-16-9-7-6-8-15(16)22-20(28)21(24,3)4/h6-11,13H,1-5H3,(H,22,28)/t13-/m0/s1. The molecular formula is C21H23N3O5. The van der Waals surface area contributed by atoms with Gasteiger partial charge < -0.3 is 14.6 Å². The first kappa shape index (κ1) is 20.3. The summed E-state index contributed by atoms with van der Waals surface area (Å²) in [7, 11) is 1.61. The van der Waals surface area contributed by atoms with Crippen LogP contribution in [0.3, 0.4) is 0 Å². The van der Waals surface area contributed by atoms with Crippen molar-refractivity contribution in [2.24, 2.45) is 7.05 Å². The molecule has 0 fully saturated rings. The van der Waals surface area contributed by atoms with E-state index in [0.29, 0.717) is 16.9 Å². The summed E-state index contributed by atoms with van der Waals surface area (Å²) in [5, 5.41) is 2.79. The molecule has 1 aromatic heterocycles. The van der Waals surface area contributed by atoms with E-state index in [4.69, 9.17) is 4.74 Å². The smallest absolute Gasteiger partial charge is 0.355 e. The minimum atomic E-state index is -1.17. The molecule has 0 saturated heterocycles. The molecule has 8 heteroatoms. The van der Waals surface area contributed by atoms with E-state index < -0.39 is 23.5 Å². The van der Waals surface area contributed by atoms with Crippen LogP contribution in [0.2, 0.25) is 0 Å². The maximum atomic E-state index is 13.2. The van der Waals surface area contributed by atoms with E-state index in [1.165, 1.54) is 35.6 Å². The molecule has 1 aliphatic heterocycles. The number of rotatable bonds is 4. The van der Waals surface area contributed by atoms with E-state index in [2.05, 4.69) is 5.32 Å². The van der Waals surface area contributed by atoms with Crippen molar-refractivity contribution in [1.29, 1.82) is 0 Å². The largest absolute Gasteiger partial charge is 0.448 e. The zero-order chi connectivity index (χ0) is 21.5. The number of esters is 1. The summed E-state index contributed by atoms with van der Waals surface area (Å²) in [5.74, 6) is -1.77. The van der Waals surface area contributed by atoms with Crippen molar-refractivity contribution in [3.8, 4) is 0 Å². The van der Waals surface area contributed by atoms with Gasteiger partial charge in [0.1, 0.15) is 11.2 Å². The maximum Gasteiger partial charge on any atom is 0.355 e. The van der Waals surface area contributed by atoms with Crippen molar-refractivity contribution in [3.63, 3.8) is 0 Å². The maximum absolute atomic E-state index is 13.2. The summed E-state index contributed by atoms with van der Waals surface area (Å²) in [5.41, 5.74) is 0.408. The predicted molar refractivity (Wildman–Crippen MR) is 107 cm³/mol. The second kappa shape index (κ2) is 7.20. The van der Waals surface area contributed by atoms with Crippen molar-refractivity contribution < 1.29 is 23.9 Å². The zero-order valence-corrected chi connectivity index (χ0v) is 17.0. The summed E-state index contributed by atoms with van der Waals surface area (Å²) < 4.78 is 6.85. The van der Waals surface area contributed by atoms with Gasteiger partial charge >= 0.3 is 5.97 Å². The number of fused-ring (bicyclic) bond motifs is 1. The Hall–Kier alpha value is -3.42. The van der Waals surface area contributed by atoms with Gasteiger partial charge in [-0.25, -0.2) is 4.79 Å². The minimum absolute atomic E-state index is 0.158. The summed E-state index contributed by atoms with van der Waals surface area (Å²) in [4.78, 5) is 51.2. The number of carbonyl (C=O) groups excluding carboxylic acids is 4. The highest BCUT2D eigenvalue weighted by Crippen LogP contribution is 2.37. The average molecular weight is 397 g/mol. The lowest BCUT2D eigenvalue weighted by Crippen LogP contribution is -2.60. The molecule has 1 aromatic carbocycles. The van der Waals surface area contributed by atoms with Gasteiger partial charge in [-0.2, -0.15) is 0 Å². The second-order valence-corrected chi connectivity index (χ2v) is 7.53. The lowest BCUT2D eigenvalue weighted by atomic mass is 9.95. The van der Waals surface area contributed by atoms with Crippen LogP contribution in [-0.4, -0.2) is 39.8 Å². The number of ether oxygens (including phenoxy) is 1. The van der Waals surface area contributed by atoms with E-state index in [0.717, 1.165) is 0 Å². The molecule has 2 heterocycles. The van der Waals surface area contributed by atoms with Crippen LogP contribution in [-0.2, 0) is 21.4 Å².